The van der Waals surface area contributed by atoms with Gasteiger partial charge in [-0.3, -0.25) is 0 Å². The molecule has 0 radical (unpaired) electrons. The number of halogens is 2. The summed E-state index contributed by atoms with van der Waals surface area (Å²) in [4.78, 5) is 4.69. The highest BCUT2D eigenvalue weighted by Gasteiger charge is 2.16. The van der Waals surface area contributed by atoms with Gasteiger partial charge in [0.05, 0.1) is 17.6 Å². The minimum absolute atomic E-state index is 0.346. The highest BCUT2D eigenvalue weighted by atomic mass is 35.5. The van der Waals surface area contributed by atoms with Gasteiger partial charge >= 0.3 is 0 Å². The first kappa shape index (κ1) is 15.0. The Labute approximate surface area is 143 Å². The SMILES string of the molecule is Cc1ccc(-c2nc3ccccc3n2Cc2ccc(F)cc2Cl)o1. The molecule has 0 saturated carbocycles. The van der Waals surface area contributed by atoms with Crippen molar-refractivity contribution in [1.82, 2.24) is 9.55 Å². The molecule has 0 fully saturated rings. The van der Waals surface area contributed by atoms with Crippen molar-refractivity contribution in [2.75, 3.05) is 0 Å². The smallest absolute Gasteiger partial charge is 0.177 e. The Balaban J connectivity index is 1.89. The maximum absolute atomic E-state index is 13.3. The molecule has 120 valence electrons. The first-order chi connectivity index (χ1) is 11.6. The van der Waals surface area contributed by atoms with E-state index >= 15 is 0 Å². The number of imidazole rings is 1. The van der Waals surface area contributed by atoms with Gasteiger partial charge in [-0.05, 0) is 48.9 Å². The molecule has 0 saturated heterocycles. The Hall–Kier alpha value is -2.59. The van der Waals surface area contributed by atoms with Crippen LogP contribution in [-0.4, -0.2) is 9.55 Å². The lowest BCUT2D eigenvalue weighted by Crippen LogP contribution is -2.02. The summed E-state index contributed by atoms with van der Waals surface area (Å²) < 4.78 is 21.1. The molecule has 0 aliphatic rings. The van der Waals surface area contributed by atoms with Crippen molar-refractivity contribution in [3.63, 3.8) is 0 Å². The van der Waals surface area contributed by atoms with Crippen molar-refractivity contribution in [3.05, 3.63) is 76.8 Å². The molecule has 4 rings (SSSR count). The van der Waals surface area contributed by atoms with Crippen molar-refractivity contribution < 1.29 is 8.81 Å². The van der Waals surface area contributed by atoms with Crippen LogP contribution >= 0.6 is 11.6 Å². The normalized spacial score (nSPS) is 11.3. The topological polar surface area (TPSA) is 31.0 Å². The largest absolute Gasteiger partial charge is 0.458 e. The number of aromatic nitrogens is 2. The number of nitrogens with zero attached hydrogens (tertiary/aromatic N) is 2. The van der Waals surface area contributed by atoms with Crippen molar-refractivity contribution in [2.24, 2.45) is 0 Å². The summed E-state index contributed by atoms with van der Waals surface area (Å²) in [6.07, 6.45) is 0. The molecule has 2 aromatic heterocycles. The summed E-state index contributed by atoms with van der Waals surface area (Å²) >= 11 is 6.20. The van der Waals surface area contributed by atoms with Gasteiger partial charge in [0.25, 0.3) is 0 Å². The van der Waals surface area contributed by atoms with E-state index < -0.39 is 0 Å². The predicted octanol–water partition coefficient (Wildman–Crippen LogP) is 5.45. The Morgan fingerprint density at radius 2 is 1.96 bits per heavy atom. The highest BCUT2D eigenvalue weighted by Crippen LogP contribution is 2.28. The fourth-order valence-corrected chi connectivity index (χ4v) is 3.03. The number of hydrogen-bond acceptors (Lipinski definition) is 2. The summed E-state index contributed by atoms with van der Waals surface area (Å²) in [6.45, 7) is 2.38. The second kappa shape index (κ2) is 5.80. The van der Waals surface area contributed by atoms with Crippen LogP contribution in [0.15, 0.2) is 59.0 Å². The average molecular weight is 341 g/mol. The van der Waals surface area contributed by atoms with Crippen molar-refractivity contribution in [2.45, 2.75) is 13.5 Å². The minimum Gasteiger partial charge on any atom is -0.458 e. The van der Waals surface area contributed by atoms with E-state index in [-0.39, 0.29) is 5.82 Å². The monoisotopic (exact) mass is 340 g/mol. The van der Waals surface area contributed by atoms with Gasteiger partial charge in [-0.2, -0.15) is 0 Å². The van der Waals surface area contributed by atoms with E-state index in [1.54, 1.807) is 6.07 Å². The quantitative estimate of drug-likeness (QED) is 0.497. The summed E-state index contributed by atoms with van der Waals surface area (Å²) in [6, 6.07) is 16.1. The zero-order valence-corrected chi connectivity index (χ0v) is 13.7. The summed E-state index contributed by atoms with van der Waals surface area (Å²) in [5.41, 5.74) is 2.67. The number of para-hydroxylation sites is 2. The van der Waals surface area contributed by atoms with Crippen LogP contribution in [0, 0.1) is 12.7 Å². The van der Waals surface area contributed by atoms with Crippen LogP contribution in [0.25, 0.3) is 22.6 Å². The summed E-state index contributed by atoms with van der Waals surface area (Å²) in [5, 5.41) is 0.398. The van der Waals surface area contributed by atoms with E-state index in [9.17, 15) is 4.39 Å². The molecule has 0 spiro atoms. The fraction of sp³-hybridized carbons (Fsp3) is 0.105. The molecular weight excluding hydrogens is 327 g/mol. The first-order valence-electron chi connectivity index (χ1n) is 7.58. The Morgan fingerprint density at radius 1 is 1.12 bits per heavy atom. The molecule has 2 aromatic carbocycles. The zero-order valence-electron chi connectivity index (χ0n) is 13.0. The van der Waals surface area contributed by atoms with E-state index in [4.69, 9.17) is 21.0 Å². The van der Waals surface area contributed by atoms with E-state index in [1.807, 2.05) is 47.9 Å². The van der Waals surface area contributed by atoms with Gasteiger partial charge in [-0.1, -0.05) is 29.8 Å². The predicted molar refractivity (Wildman–Crippen MR) is 92.7 cm³/mol. The van der Waals surface area contributed by atoms with Crippen LogP contribution in [0.3, 0.4) is 0 Å². The number of fused-ring (bicyclic) bond motifs is 1. The Bertz CT molecular complexity index is 1030. The van der Waals surface area contributed by atoms with Gasteiger partial charge in [0.2, 0.25) is 0 Å². The van der Waals surface area contributed by atoms with Crippen molar-refractivity contribution in [1.29, 1.82) is 0 Å². The maximum Gasteiger partial charge on any atom is 0.177 e. The van der Waals surface area contributed by atoms with Crippen LogP contribution < -0.4 is 0 Å². The first-order valence-corrected chi connectivity index (χ1v) is 7.95. The third-order valence-corrected chi connectivity index (χ3v) is 4.31. The van der Waals surface area contributed by atoms with Gasteiger partial charge in [0.1, 0.15) is 11.6 Å². The molecule has 0 amide bonds. The third-order valence-electron chi connectivity index (χ3n) is 3.96. The van der Waals surface area contributed by atoms with Crippen LogP contribution in [-0.2, 0) is 6.54 Å². The van der Waals surface area contributed by atoms with Crippen molar-refractivity contribution in [3.8, 4) is 11.6 Å². The lowest BCUT2D eigenvalue weighted by atomic mass is 10.2. The molecule has 24 heavy (non-hydrogen) atoms. The molecule has 0 unspecified atom stereocenters. The minimum atomic E-state index is -0.346. The lowest BCUT2D eigenvalue weighted by molar-refractivity contribution is 0.540. The molecule has 4 aromatic rings. The van der Waals surface area contributed by atoms with E-state index in [2.05, 4.69) is 0 Å². The molecule has 0 atom stereocenters. The molecule has 0 N–H and O–H groups in total. The maximum atomic E-state index is 13.3. The van der Waals surface area contributed by atoms with Gasteiger partial charge in [-0.15, -0.1) is 0 Å². The lowest BCUT2D eigenvalue weighted by Gasteiger charge is -2.10. The molecule has 0 aliphatic heterocycles. The van der Waals surface area contributed by atoms with Gasteiger partial charge < -0.3 is 8.98 Å². The number of rotatable bonds is 3. The summed E-state index contributed by atoms with van der Waals surface area (Å²) in [7, 11) is 0. The molecule has 5 heteroatoms. The van der Waals surface area contributed by atoms with E-state index in [0.29, 0.717) is 17.3 Å². The van der Waals surface area contributed by atoms with Crippen LogP contribution in [0.1, 0.15) is 11.3 Å². The molecule has 0 aliphatic carbocycles. The number of aryl methyl sites for hydroxylation is 1. The average Bonchev–Trinajstić information content (AvgIpc) is 3.14. The van der Waals surface area contributed by atoms with Crippen LogP contribution in [0.2, 0.25) is 5.02 Å². The van der Waals surface area contributed by atoms with Crippen molar-refractivity contribution >= 4 is 22.6 Å². The fourth-order valence-electron chi connectivity index (χ4n) is 2.80. The van der Waals surface area contributed by atoms with Gasteiger partial charge in [0, 0.05) is 5.02 Å². The van der Waals surface area contributed by atoms with Crippen LogP contribution in [0.5, 0.6) is 0 Å². The number of hydrogen-bond donors (Lipinski definition) is 0. The number of furan rings is 1. The van der Waals surface area contributed by atoms with Gasteiger partial charge in [-0.25, -0.2) is 9.37 Å². The summed E-state index contributed by atoms with van der Waals surface area (Å²) in [5.74, 6) is 1.90. The van der Waals surface area contributed by atoms with Gasteiger partial charge in [0.15, 0.2) is 11.6 Å². The second-order valence-electron chi connectivity index (χ2n) is 5.66. The highest BCUT2D eigenvalue weighted by molar-refractivity contribution is 6.31. The third kappa shape index (κ3) is 2.59. The molecular formula is C19H14ClFN2O. The molecule has 0 bridgehead atoms. The number of benzene rings is 2. The standard InChI is InChI=1S/C19H14ClFN2O/c1-12-6-9-18(24-12)19-22-16-4-2-3-5-17(16)23(19)11-13-7-8-14(21)10-15(13)20/h2-10H,11H2,1H3. The molecule has 3 nitrogen and oxygen atoms in total. The second-order valence-corrected chi connectivity index (χ2v) is 6.06. The van der Waals surface area contributed by atoms with E-state index in [1.165, 1.54) is 12.1 Å². The Kier molecular flexibility index (Phi) is 3.62. The van der Waals surface area contributed by atoms with Crippen LogP contribution in [0.4, 0.5) is 4.39 Å². The molecule has 2 heterocycles. The zero-order chi connectivity index (χ0) is 16.7. The van der Waals surface area contributed by atoms with E-state index in [0.717, 1.165) is 28.2 Å². The Morgan fingerprint density at radius 3 is 2.71 bits per heavy atom.